The van der Waals surface area contributed by atoms with Crippen LogP contribution < -0.4 is 10.0 Å². The molecule has 0 radical (unpaired) electrons. The molecular weight excluding hydrogens is 406 g/mol. The Bertz CT molecular complexity index is 877. The number of ether oxygens (including phenoxy) is 1. The fourth-order valence-electron chi connectivity index (χ4n) is 3.10. The maximum absolute atomic E-state index is 12.7. The van der Waals surface area contributed by atoms with Crippen molar-refractivity contribution < 1.29 is 22.7 Å². The molecule has 9 heteroatoms. The summed E-state index contributed by atoms with van der Waals surface area (Å²) in [4.78, 5) is 26.5. The van der Waals surface area contributed by atoms with Crippen molar-refractivity contribution in [3.8, 4) is 0 Å². The third-order valence-corrected chi connectivity index (χ3v) is 6.13. The SMILES string of the molecule is CC(C)(C)NS(=O)(=O)c1cccc(NC(=O)C2CCN(C(=O)OC(C)(C)C)CC2)c1. The first-order valence-electron chi connectivity index (χ1n) is 10.1. The molecule has 2 rings (SSSR count). The summed E-state index contributed by atoms with van der Waals surface area (Å²) in [6.07, 6.45) is 0.675. The maximum Gasteiger partial charge on any atom is 0.410 e. The fraction of sp³-hybridized carbons (Fsp3) is 0.619. The van der Waals surface area contributed by atoms with Gasteiger partial charge in [0.15, 0.2) is 0 Å². The van der Waals surface area contributed by atoms with Crippen LogP contribution in [0.3, 0.4) is 0 Å². The number of sulfonamides is 1. The van der Waals surface area contributed by atoms with E-state index in [2.05, 4.69) is 10.0 Å². The van der Waals surface area contributed by atoms with Crippen molar-refractivity contribution in [3.05, 3.63) is 24.3 Å². The molecule has 2 N–H and O–H groups in total. The number of anilines is 1. The lowest BCUT2D eigenvalue weighted by Gasteiger charge is -2.32. The van der Waals surface area contributed by atoms with E-state index in [4.69, 9.17) is 4.74 Å². The first kappa shape index (κ1) is 24.1. The number of amides is 2. The monoisotopic (exact) mass is 439 g/mol. The van der Waals surface area contributed by atoms with Gasteiger partial charge in [-0.1, -0.05) is 6.07 Å². The van der Waals surface area contributed by atoms with Gasteiger partial charge in [0.1, 0.15) is 5.60 Å². The van der Waals surface area contributed by atoms with Crippen LogP contribution in [0.2, 0.25) is 0 Å². The number of nitrogens with one attached hydrogen (secondary N) is 2. The molecule has 2 amide bonds. The number of benzene rings is 1. The van der Waals surface area contributed by atoms with Crippen molar-refractivity contribution in [1.82, 2.24) is 9.62 Å². The Morgan fingerprint density at radius 1 is 1.07 bits per heavy atom. The molecule has 1 fully saturated rings. The van der Waals surface area contributed by atoms with Crippen LogP contribution in [0.4, 0.5) is 10.5 Å². The second-order valence-electron chi connectivity index (χ2n) is 9.61. The first-order chi connectivity index (χ1) is 13.7. The molecule has 0 unspecified atom stereocenters. The van der Waals surface area contributed by atoms with Crippen LogP contribution in [-0.2, 0) is 19.6 Å². The molecule has 1 aromatic rings. The lowest BCUT2D eigenvalue weighted by molar-refractivity contribution is -0.121. The maximum atomic E-state index is 12.7. The van der Waals surface area contributed by atoms with E-state index < -0.39 is 21.2 Å². The Kier molecular flexibility index (Phi) is 7.19. The lowest BCUT2D eigenvalue weighted by atomic mass is 9.96. The van der Waals surface area contributed by atoms with Gasteiger partial charge < -0.3 is 15.0 Å². The van der Waals surface area contributed by atoms with Crippen LogP contribution >= 0.6 is 0 Å². The van der Waals surface area contributed by atoms with Gasteiger partial charge in [0.25, 0.3) is 0 Å². The summed E-state index contributed by atoms with van der Waals surface area (Å²) in [6.45, 7) is 11.6. The van der Waals surface area contributed by atoms with Crippen LogP contribution in [0.5, 0.6) is 0 Å². The normalized spacial score (nSPS) is 16.3. The predicted octanol–water partition coefficient (Wildman–Crippen LogP) is 3.35. The third kappa shape index (κ3) is 7.28. The molecule has 0 saturated carbocycles. The molecule has 0 aliphatic carbocycles. The zero-order chi connectivity index (χ0) is 22.7. The van der Waals surface area contributed by atoms with Gasteiger partial charge in [0.2, 0.25) is 15.9 Å². The summed E-state index contributed by atoms with van der Waals surface area (Å²) >= 11 is 0. The topological polar surface area (TPSA) is 105 Å². The average Bonchev–Trinajstić information content (AvgIpc) is 2.58. The average molecular weight is 440 g/mol. The zero-order valence-electron chi connectivity index (χ0n) is 18.6. The molecule has 1 aliphatic heterocycles. The van der Waals surface area contributed by atoms with Crippen LogP contribution in [-0.4, -0.2) is 49.5 Å². The summed E-state index contributed by atoms with van der Waals surface area (Å²) < 4.78 is 33.0. The molecule has 1 aromatic carbocycles. The van der Waals surface area contributed by atoms with Crippen molar-refractivity contribution in [2.75, 3.05) is 18.4 Å². The van der Waals surface area contributed by atoms with Crippen molar-refractivity contribution >= 4 is 27.7 Å². The standard InChI is InChI=1S/C21H33N3O5S/c1-20(2,3)23-30(27,28)17-9-7-8-16(14-17)22-18(25)15-10-12-24(13-11-15)19(26)29-21(4,5)6/h7-9,14-15,23H,10-13H2,1-6H3,(H,22,25). The molecule has 0 spiro atoms. The largest absolute Gasteiger partial charge is 0.444 e. The highest BCUT2D eigenvalue weighted by molar-refractivity contribution is 7.89. The third-order valence-electron chi connectivity index (χ3n) is 4.37. The highest BCUT2D eigenvalue weighted by Gasteiger charge is 2.30. The Morgan fingerprint density at radius 3 is 2.20 bits per heavy atom. The summed E-state index contributed by atoms with van der Waals surface area (Å²) in [5, 5.41) is 2.80. The van der Waals surface area contributed by atoms with E-state index in [9.17, 15) is 18.0 Å². The first-order valence-corrected chi connectivity index (χ1v) is 11.6. The van der Waals surface area contributed by atoms with E-state index in [-0.39, 0.29) is 22.8 Å². The molecule has 30 heavy (non-hydrogen) atoms. The second kappa shape index (κ2) is 8.93. The fourth-order valence-corrected chi connectivity index (χ4v) is 4.56. The number of nitrogens with zero attached hydrogens (tertiary/aromatic N) is 1. The van der Waals surface area contributed by atoms with E-state index in [1.807, 2.05) is 20.8 Å². The zero-order valence-corrected chi connectivity index (χ0v) is 19.4. The number of carbonyl (C=O) groups excluding carboxylic acids is 2. The minimum absolute atomic E-state index is 0.0926. The lowest BCUT2D eigenvalue weighted by Crippen LogP contribution is -2.43. The molecule has 0 atom stereocenters. The minimum atomic E-state index is -3.69. The summed E-state index contributed by atoms with van der Waals surface area (Å²) in [6, 6.07) is 6.19. The van der Waals surface area contributed by atoms with Gasteiger partial charge in [0, 0.05) is 30.2 Å². The number of likely N-dealkylation sites (tertiary alicyclic amines) is 1. The van der Waals surface area contributed by atoms with E-state index in [1.54, 1.807) is 37.8 Å². The predicted molar refractivity (Wildman–Crippen MR) is 116 cm³/mol. The van der Waals surface area contributed by atoms with E-state index in [0.717, 1.165) is 0 Å². The van der Waals surface area contributed by atoms with E-state index >= 15 is 0 Å². The van der Waals surface area contributed by atoms with Crippen molar-refractivity contribution in [2.45, 2.75) is 70.4 Å². The van der Waals surface area contributed by atoms with Gasteiger partial charge in [-0.3, -0.25) is 4.79 Å². The number of hydrogen-bond acceptors (Lipinski definition) is 5. The molecule has 0 bridgehead atoms. The highest BCUT2D eigenvalue weighted by Crippen LogP contribution is 2.23. The molecule has 1 heterocycles. The van der Waals surface area contributed by atoms with Crippen LogP contribution in [0.1, 0.15) is 54.4 Å². The van der Waals surface area contributed by atoms with Crippen LogP contribution in [0, 0.1) is 5.92 Å². The quantitative estimate of drug-likeness (QED) is 0.749. The van der Waals surface area contributed by atoms with Crippen LogP contribution in [0.25, 0.3) is 0 Å². The summed E-state index contributed by atoms with van der Waals surface area (Å²) in [7, 11) is -3.69. The molecular formula is C21H33N3O5S. The van der Waals surface area contributed by atoms with Crippen molar-refractivity contribution in [2.24, 2.45) is 5.92 Å². The molecule has 0 aromatic heterocycles. The highest BCUT2D eigenvalue weighted by atomic mass is 32.2. The Morgan fingerprint density at radius 2 is 1.67 bits per heavy atom. The number of rotatable bonds is 4. The molecule has 8 nitrogen and oxygen atoms in total. The number of piperidine rings is 1. The van der Waals surface area contributed by atoms with Crippen LogP contribution in [0.15, 0.2) is 29.2 Å². The van der Waals surface area contributed by atoms with Gasteiger partial charge >= 0.3 is 6.09 Å². The van der Waals surface area contributed by atoms with Crippen molar-refractivity contribution in [3.63, 3.8) is 0 Å². The number of carbonyl (C=O) groups is 2. The summed E-state index contributed by atoms with van der Waals surface area (Å²) in [5.41, 5.74) is -0.745. The van der Waals surface area contributed by atoms with E-state index in [1.165, 1.54) is 12.1 Å². The molecule has 1 aliphatic rings. The molecule has 1 saturated heterocycles. The Labute approximate surface area is 179 Å². The van der Waals surface area contributed by atoms with Gasteiger partial charge in [-0.25, -0.2) is 17.9 Å². The van der Waals surface area contributed by atoms with Gasteiger partial charge in [-0.05, 0) is 72.6 Å². The Balaban J connectivity index is 1.97. The van der Waals surface area contributed by atoms with Crippen molar-refractivity contribution in [1.29, 1.82) is 0 Å². The van der Waals surface area contributed by atoms with Gasteiger partial charge in [-0.2, -0.15) is 0 Å². The van der Waals surface area contributed by atoms with Gasteiger partial charge in [-0.15, -0.1) is 0 Å². The minimum Gasteiger partial charge on any atom is -0.444 e. The number of hydrogen-bond donors (Lipinski definition) is 2. The van der Waals surface area contributed by atoms with E-state index in [0.29, 0.717) is 31.6 Å². The van der Waals surface area contributed by atoms with Gasteiger partial charge in [0.05, 0.1) is 4.90 Å². The second-order valence-corrected chi connectivity index (χ2v) is 11.3. The smallest absolute Gasteiger partial charge is 0.410 e. The molecule has 168 valence electrons. The Hall–Kier alpha value is -2.13. The summed E-state index contributed by atoms with van der Waals surface area (Å²) in [5.74, 6) is -0.436.